The molecule has 0 radical (unpaired) electrons. The summed E-state index contributed by atoms with van der Waals surface area (Å²) in [6.07, 6.45) is 7.21. The summed E-state index contributed by atoms with van der Waals surface area (Å²) in [5.41, 5.74) is 8.04. The lowest BCUT2D eigenvalue weighted by Gasteiger charge is -2.26. The maximum atomic E-state index is 14.7. The minimum Gasteiger partial charge on any atom is -0.508 e. The number of phenols is 1. The molecule has 2 aliphatic carbocycles. The Morgan fingerprint density at radius 3 is 2.71 bits per heavy atom. The summed E-state index contributed by atoms with van der Waals surface area (Å²) in [4.78, 5) is 3.89. The molecule has 0 unspecified atom stereocenters. The van der Waals surface area contributed by atoms with Crippen molar-refractivity contribution >= 4 is 18.3 Å². The van der Waals surface area contributed by atoms with E-state index in [1.165, 1.54) is 11.6 Å². The van der Waals surface area contributed by atoms with Crippen LogP contribution >= 0.6 is 11.6 Å². The summed E-state index contributed by atoms with van der Waals surface area (Å²) in [7, 11) is 0. The standard InChI is InChI=1S/C40H37ClFN3O3/c1-25(21-43)16-26(22-44-2)24-47-39-20-40(36(41)19-29(39)23-45-30-12-10-27-11-13-31(46)18-28(27)17-30)48-38-15-14-33-32(7-5-8-35(33)38)34-6-3-4-9-37(34)42/h3-9,11,13,16,18-20,22,30,38,45-46H,2,10,12,14-15,17,23-24H2,1H3/b25-16+,26-22+/t30-,38-/m0/s1. The topological polar surface area (TPSA) is 86.9 Å². The molecule has 2 N–H and O–H groups in total. The average Bonchev–Trinajstić information content (AvgIpc) is 3.50. The van der Waals surface area contributed by atoms with Gasteiger partial charge in [-0.25, -0.2) is 4.39 Å². The van der Waals surface area contributed by atoms with Gasteiger partial charge < -0.3 is 19.9 Å². The number of aliphatic imine (C=N–C) groups is 1. The third kappa shape index (κ3) is 7.46. The first kappa shape index (κ1) is 33.0. The first-order valence-corrected chi connectivity index (χ1v) is 16.5. The summed E-state index contributed by atoms with van der Waals surface area (Å²) in [6.45, 7) is 5.94. The number of allylic oxidation sites excluding steroid dienone is 1. The molecule has 48 heavy (non-hydrogen) atoms. The van der Waals surface area contributed by atoms with E-state index in [0.29, 0.717) is 39.8 Å². The third-order valence-corrected chi connectivity index (χ3v) is 9.29. The minimum atomic E-state index is -0.263. The number of aromatic hydroxyl groups is 1. The number of benzene rings is 4. The first-order valence-electron chi connectivity index (χ1n) is 16.1. The molecule has 2 atom stereocenters. The van der Waals surface area contributed by atoms with Crippen molar-refractivity contribution in [2.75, 3.05) is 6.61 Å². The molecule has 0 amide bonds. The number of rotatable bonds is 11. The van der Waals surface area contributed by atoms with Crippen LogP contribution in [0.25, 0.3) is 11.1 Å². The Morgan fingerprint density at radius 2 is 1.90 bits per heavy atom. The van der Waals surface area contributed by atoms with Crippen LogP contribution in [0.15, 0.2) is 101 Å². The number of fused-ring (bicyclic) bond motifs is 2. The lowest BCUT2D eigenvalue weighted by atomic mass is 9.88. The Morgan fingerprint density at radius 1 is 1.06 bits per heavy atom. The zero-order valence-corrected chi connectivity index (χ0v) is 27.6. The number of nitrogens with one attached hydrogen (secondary N) is 1. The highest BCUT2D eigenvalue weighted by molar-refractivity contribution is 6.32. The van der Waals surface area contributed by atoms with E-state index in [0.717, 1.165) is 59.9 Å². The lowest BCUT2D eigenvalue weighted by molar-refractivity contribution is 0.206. The van der Waals surface area contributed by atoms with Gasteiger partial charge in [0.1, 0.15) is 35.8 Å². The normalized spacial score (nSPS) is 17.3. The van der Waals surface area contributed by atoms with Crippen molar-refractivity contribution in [3.05, 3.63) is 135 Å². The Kier molecular flexibility index (Phi) is 10.2. The van der Waals surface area contributed by atoms with E-state index in [4.69, 9.17) is 21.1 Å². The summed E-state index contributed by atoms with van der Waals surface area (Å²) in [5.74, 6) is 1.11. The van der Waals surface area contributed by atoms with E-state index in [1.807, 2.05) is 48.5 Å². The quantitative estimate of drug-likeness (QED) is 0.0952. The fourth-order valence-corrected chi connectivity index (χ4v) is 6.87. The van der Waals surface area contributed by atoms with Crippen molar-refractivity contribution in [3.8, 4) is 34.4 Å². The van der Waals surface area contributed by atoms with Gasteiger partial charge in [0, 0.05) is 47.1 Å². The molecule has 0 bridgehead atoms. The predicted octanol–water partition coefficient (Wildman–Crippen LogP) is 9.00. The van der Waals surface area contributed by atoms with Crippen LogP contribution < -0.4 is 14.8 Å². The second-order valence-corrected chi connectivity index (χ2v) is 12.7. The van der Waals surface area contributed by atoms with Crippen molar-refractivity contribution in [2.45, 2.75) is 57.7 Å². The van der Waals surface area contributed by atoms with E-state index in [1.54, 1.807) is 37.4 Å². The van der Waals surface area contributed by atoms with Gasteiger partial charge in [0.15, 0.2) is 0 Å². The molecule has 0 saturated heterocycles. The molecule has 0 fully saturated rings. The summed E-state index contributed by atoms with van der Waals surface area (Å²) in [6, 6.07) is 24.4. The Balaban J connectivity index is 1.26. The molecule has 6 nitrogen and oxygen atoms in total. The van der Waals surface area contributed by atoms with Crippen LogP contribution in [0.1, 0.15) is 53.7 Å². The smallest absolute Gasteiger partial charge is 0.142 e. The Bertz CT molecular complexity index is 1950. The highest BCUT2D eigenvalue weighted by atomic mass is 35.5. The van der Waals surface area contributed by atoms with E-state index < -0.39 is 0 Å². The molecule has 4 aromatic rings. The molecular weight excluding hydrogens is 625 g/mol. The SMILES string of the molecule is C=N/C=C(\C=C(/C)C#N)COc1cc(O[C@H]2CCc3c(-c4ccccc4F)cccc32)c(Cl)cc1CN[C@H]1CCc2ccc(O)cc2C1. The number of phenolic OH excluding ortho intramolecular Hbond substituents is 1. The van der Waals surface area contributed by atoms with E-state index in [2.05, 4.69) is 23.1 Å². The van der Waals surface area contributed by atoms with Gasteiger partial charge in [-0.2, -0.15) is 5.26 Å². The molecule has 2 aliphatic rings. The van der Waals surface area contributed by atoms with Crippen LogP contribution in [0.3, 0.4) is 0 Å². The monoisotopic (exact) mass is 661 g/mol. The van der Waals surface area contributed by atoms with Gasteiger partial charge in [-0.05, 0) is 104 Å². The summed E-state index contributed by atoms with van der Waals surface area (Å²) in [5, 5.41) is 23.4. The van der Waals surface area contributed by atoms with Crippen molar-refractivity contribution < 1.29 is 19.0 Å². The molecule has 0 spiro atoms. The van der Waals surface area contributed by atoms with Gasteiger partial charge in [-0.1, -0.05) is 54.1 Å². The van der Waals surface area contributed by atoms with Crippen LogP contribution in [-0.2, 0) is 25.8 Å². The van der Waals surface area contributed by atoms with Gasteiger partial charge in [-0.3, -0.25) is 4.99 Å². The zero-order valence-electron chi connectivity index (χ0n) is 26.8. The zero-order chi connectivity index (χ0) is 33.6. The molecule has 0 aromatic heterocycles. The average molecular weight is 662 g/mol. The molecule has 0 heterocycles. The van der Waals surface area contributed by atoms with Crippen molar-refractivity contribution in [3.63, 3.8) is 0 Å². The first-order chi connectivity index (χ1) is 23.3. The number of aryl methyl sites for hydroxylation is 1. The van der Waals surface area contributed by atoms with Crippen molar-refractivity contribution in [2.24, 2.45) is 4.99 Å². The predicted molar refractivity (Wildman–Crippen MR) is 188 cm³/mol. The minimum absolute atomic E-state index is 0.153. The molecule has 0 saturated carbocycles. The maximum absolute atomic E-state index is 14.7. The van der Waals surface area contributed by atoms with Crippen LogP contribution in [0.4, 0.5) is 4.39 Å². The third-order valence-electron chi connectivity index (χ3n) is 8.99. The molecule has 244 valence electrons. The molecule has 0 aliphatic heterocycles. The lowest BCUT2D eigenvalue weighted by Crippen LogP contribution is -2.34. The van der Waals surface area contributed by atoms with Crippen molar-refractivity contribution in [1.82, 2.24) is 5.32 Å². The molecule has 6 rings (SSSR count). The maximum Gasteiger partial charge on any atom is 0.142 e. The Hall–Kier alpha value is -4.90. The highest BCUT2D eigenvalue weighted by Crippen LogP contribution is 2.43. The largest absolute Gasteiger partial charge is 0.508 e. The second kappa shape index (κ2) is 14.9. The van der Waals surface area contributed by atoms with Gasteiger partial charge in [0.2, 0.25) is 0 Å². The highest BCUT2D eigenvalue weighted by Gasteiger charge is 2.28. The number of ether oxygens (including phenoxy) is 2. The number of halogens is 2. The van der Waals surface area contributed by atoms with E-state index in [9.17, 15) is 14.8 Å². The van der Waals surface area contributed by atoms with Crippen LogP contribution in [-0.4, -0.2) is 24.5 Å². The summed E-state index contributed by atoms with van der Waals surface area (Å²) >= 11 is 6.89. The second-order valence-electron chi connectivity index (χ2n) is 12.3. The van der Waals surface area contributed by atoms with E-state index >= 15 is 0 Å². The molecular formula is C40H37ClFN3O3. The molecule has 4 aromatic carbocycles. The number of hydrogen-bond donors (Lipinski definition) is 2. The summed E-state index contributed by atoms with van der Waals surface area (Å²) < 4.78 is 27.7. The molecule has 8 heteroatoms. The van der Waals surface area contributed by atoms with Crippen LogP contribution in [0, 0.1) is 17.1 Å². The number of hydrogen-bond acceptors (Lipinski definition) is 6. The van der Waals surface area contributed by atoms with Gasteiger partial charge in [0.05, 0.1) is 11.1 Å². The van der Waals surface area contributed by atoms with Crippen LogP contribution in [0.2, 0.25) is 5.02 Å². The fraction of sp³-hybridized carbons (Fsp3) is 0.250. The van der Waals surface area contributed by atoms with Crippen LogP contribution in [0.5, 0.6) is 17.2 Å². The van der Waals surface area contributed by atoms with E-state index in [-0.39, 0.29) is 30.3 Å². The van der Waals surface area contributed by atoms with Gasteiger partial charge in [0.25, 0.3) is 0 Å². The Labute approximate surface area is 285 Å². The van der Waals surface area contributed by atoms with Crippen molar-refractivity contribution in [1.29, 1.82) is 5.26 Å². The van der Waals surface area contributed by atoms with Gasteiger partial charge in [-0.15, -0.1) is 0 Å². The fourth-order valence-electron chi connectivity index (χ4n) is 6.64. The number of nitriles is 1. The number of nitrogens with zero attached hydrogens (tertiary/aromatic N) is 2. The van der Waals surface area contributed by atoms with Gasteiger partial charge >= 0.3 is 0 Å².